The third kappa shape index (κ3) is 5.37. The molecule has 0 aromatic heterocycles. The summed E-state index contributed by atoms with van der Waals surface area (Å²) in [6.07, 6.45) is 2.82. The van der Waals surface area contributed by atoms with Crippen LogP contribution in [0.25, 0.3) is 0 Å². The molecular weight excluding hydrogens is 382 g/mol. The van der Waals surface area contributed by atoms with Crippen LogP contribution in [-0.4, -0.2) is 50.2 Å². The van der Waals surface area contributed by atoms with Gasteiger partial charge in [-0.25, -0.2) is 5.43 Å². The molecule has 0 radical (unpaired) electrons. The lowest BCUT2D eigenvalue weighted by molar-refractivity contribution is -0.126. The number of nitrogens with one attached hydrogen (secondary N) is 1. The molecule has 7 nitrogen and oxygen atoms in total. The van der Waals surface area contributed by atoms with E-state index in [2.05, 4.69) is 10.5 Å². The van der Waals surface area contributed by atoms with E-state index in [0.717, 1.165) is 5.56 Å². The van der Waals surface area contributed by atoms with Crippen LogP contribution in [0.4, 0.5) is 0 Å². The zero-order valence-electron chi connectivity index (χ0n) is 17.6. The highest BCUT2D eigenvalue weighted by molar-refractivity contribution is 5.95. The number of carbonyl (C=O) groups excluding carboxylic acids is 2. The summed E-state index contributed by atoms with van der Waals surface area (Å²) in [6.45, 7) is 3.04. The van der Waals surface area contributed by atoms with Gasteiger partial charge in [-0.15, -0.1) is 0 Å². The van der Waals surface area contributed by atoms with Crippen LogP contribution in [0.1, 0.15) is 34.3 Å². The number of likely N-dealkylation sites (tertiary alicyclic amines) is 1. The van der Waals surface area contributed by atoms with Gasteiger partial charge in [0.15, 0.2) is 0 Å². The normalized spacial score (nSPS) is 14.6. The summed E-state index contributed by atoms with van der Waals surface area (Å²) in [4.78, 5) is 27.0. The number of rotatable bonds is 6. The van der Waals surface area contributed by atoms with E-state index in [1.165, 1.54) is 5.56 Å². The maximum Gasteiger partial charge on any atom is 0.254 e. The van der Waals surface area contributed by atoms with Crippen LogP contribution in [0.5, 0.6) is 11.5 Å². The lowest BCUT2D eigenvalue weighted by atomic mass is 9.95. The van der Waals surface area contributed by atoms with Crippen LogP contribution in [0, 0.1) is 12.8 Å². The zero-order chi connectivity index (χ0) is 21.5. The fourth-order valence-corrected chi connectivity index (χ4v) is 3.37. The Kier molecular flexibility index (Phi) is 7.06. The number of methoxy groups -OCH3 is 2. The van der Waals surface area contributed by atoms with Crippen molar-refractivity contribution in [3.8, 4) is 11.5 Å². The molecule has 1 fully saturated rings. The Labute approximate surface area is 176 Å². The second kappa shape index (κ2) is 9.91. The molecule has 2 aromatic carbocycles. The van der Waals surface area contributed by atoms with E-state index < -0.39 is 0 Å². The average molecular weight is 409 g/mol. The van der Waals surface area contributed by atoms with Gasteiger partial charge in [0.2, 0.25) is 5.91 Å². The minimum absolute atomic E-state index is 0.0940. The number of piperidine rings is 1. The number of carbonyl (C=O) groups is 2. The van der Waals surface area contributed by atoms with Gasteiger partial charge in [-0.05, 0) is 37.5 Å². The van der Waals surface area contributed by atoms with Crippen LogP contribution in [0.3, 0.4) is 0 Å². The largest absolute Gasteiger partial charge is 0.497 e. The Bertz CT molecular complexity index is 894. The first-order chi connectivity index (χ1) is 14.5. The van der Waals surface area contributed by atoms with Crippen molar-refractivity contribution in [1.82, 2.24) is 10.3 Å². The number of hydrogen-bond donors (Lipinski definition) is 1. The predicted octanol–water partition coefficient (Wildman–Crippen LogP) is 3.01. The Morgan fingerprint density at radius 3 is 2.20 bits per heavy atom. The van der Waals surface area contributed by atoms with Crippen molar-refractivity contribution >= 4 is 18.0 Å². The molecular formula is C23H27N3O4. The van der Waals surface area contributed by atoms with Crippen LogP contribution in [-0.2, 0) is 4.79 Å². The molecule has 0 unspecified atom stereocenters. The van der Waals surface area contributed by atoms with Gasteiger partial charge >= 0.3 is 0 Å². The van der Waals surface area contributed by atoms with Gasteiger partial charge in [0.1, 0.15) is 11.5 Å². The van der Waals surface area contributed by atoms with Crippen molar-refractivity contribution in [2.45, 2.75) is 19.8 Å². The van der Waals surface area contributed by atoms with Crippen molar-refractivity contribution in [2.75, 3.05) is 27.3 Å². The highest BCUT2D eigenvalue weighted by Gasteiger charge is 2.28. The molecule has 1 aliphatic heterocycles. The second-order valence-electron chi connectivity index (χ2n) is 7.31. The van der Waals surface area contributed by atoms with Crippen LogP contribution < -0.4 is 14.9 Å². The van der Waals surface area contributed by atoms with Crippen LogP contribution in [0.2, 0.25) is 0 Å². The van der Waals surface area contributed by atoms with E-state index in [1.54, 1.807) is 43.5 Å². The molecule has 30 heavy (non-hydrogen) atoms. The maximum atomic E-state index is 12.9. The molecule has 0 saturated carbocycles. The molecule has 7 heteroatoms. The summed E-state index contributed by atoms with van der Waals surface area (Å²) in [7, 11) is 3.10. The number of hydrogen-bond acceptors (Lipinski definition) is 5. The highest BCUT2D eigenvalue weighted by Crippen LogP contribution is 2.25. The smallest absolute Gasteiger partial charge is 0.254 e. The number of aryl methyl sites for hydroxylation is 1. The third-order valence-corrected chi connectivity index (χ3v) is 5.22. The zero-order valence-corrected chi connectivity index (χ0v) is 17.6. The Morgan fingerprint density at radius 2 is 1.63 bits per heavy atom. The minimum Gasteiger partial charge on any atom is -0.497 e. The fraction of sp³-hybridized carbons (Fsp3) is 0.348. The fourth-order valence-electron chi connectivity index (χ4n) is 3.37. The summed E-state index contributed by atoms with van der Waals surface area (Å²) in [5.41, 5.74) is 5.22. The monoisotopic (exact) mass is 409 g/mol. The van der Waals surface area contributed by atoms with Crippen LogP contribution in [0.15, 0.2) is 47.6 Å². The maximum absolute atomic E-state index is 12.9. The van der Waals surface area contributed by atoms with E-state index in [1.807, 2.05) is 31.2 Å². The minimum atomic E-state index is -0.163. The van der Waals surface area contributed by atoms with Gasteiger partial charge in [0.25, 0.3) is 5.91 Å². The molecule has 1 heterocycles. The summed E-state index contributed by atoms with van der Waals surface area (Å²) in [6, 6.07) is 13.0. The van der Waals surface area contributed by atoms with Gasteiger partial charge in [0.05, 0.1) is 20.4 Å². The molecule has 0 atom stereocenters. The Hall–Kier alpha value is -3.35. The topological polar surface area (TPSA) is 80.2 Å². The molecule has 0 bridgehead atoms. The molecule has 3 rings (SSSR count). The van der Waals surface area contributed by atoms with Gasteiger partial charge in [0, 0.05) is 30.6 Å². The average Bonchev–Trinajstić information content (AvgIpc) is 2.79. The standard InChI is InChI=1S/C23H27N3O4/c1-16-4-6-17(7-5-16)15-24-25-22(27)18-8-10-26(11-9-18)23(28)19-12-20(29-2)14-21(13-19)30-3/h4-7,12-15,18H,8-11H2,1-3H3,(H,25,27)/b24-15-. The molecule has 158 valence electrons. The van der Waals surface area contributed by atoms with Crippen molar-refractivity contribution in [2.24, 2.45) is 11.0 Å². The van der Waals surface area contributed by atoms with Gasteiger partial charge in [-0.2, -0.15) is 5.10 Å². The first-order valence-corrected chi connectivity index (χ1v) is 9.92. The van der Waals surface area contributed by atoms with Crippen molar-refractivity contribution in [3.05, 3.63) is 59.2 Å². The summed E-state index contributed by atoms with van der Waals surface area (Å²) in [5, 5.41) is 4.05. The Balaban J connectivity index is 1.53. The number of amides is 2. The lowest BCUT2D eigenvalue weighted by Crippen LogP contribution is -2.42. The molecule has 0 aliphatic carbocycles. The Morgan fingerprint density at radius 1 is 1.03 bits per heavy atom. The summed E-state index contributed by atoms with van der Waals surface area (Å²) in [5.74, 6) is 0.762. The summed E-state index contributed by atoms with van der Waals surface area (Å²) < 4.78 is 10.5. The molecule has 1 aliphatic rings. The SMILES string of the molecule is COc1cc(OC)cc(C(=O)N2CCC(C(=O)N/N=C\c3ccc(C)cc3)CC2)c1. The predicted molar refractivity (Wildman–Crippen MR) is 115 cm³/mol. The van der Waals surface area contributed by atoms with E-state index >= 15 is 0 Å². The molecule has 2 amide bonds. The number of nitrogens with zero attached hydrogens (tertiary/aromatic N) is 2. The van der Waals surface area contributed by atoms with Gasteiger partial charge in [-0.3, -0.25) is 9.59 Å². The third-order valence-electron chi connectivity index (χ3n) is 5.22. The molecule has 1 N–H and O–H groups in total. The van der Waals surface area contributed by atoms with Crippen LogP contribution >= 0.6 is 0 Å². The van der Waals surface area contributed by atoms with E-state index in [-0.39, 0.29) is 17.7 Å². The lowest BCUT2D eigenvalue weighted by Gasteiger charge is -2.31. The molecule has 2 aromatic rings. The van der Waals surface area contributed by atoms with Crippen molar-refractivity contribution < 1.29 is 19.1 Å². The molecule has 1 saturated heterocycles. The van der Waals surface area contributed by atoms with E-state index in [0.29, 0.717) is 43.0 Å². The quantitative estimate of drug-likeness (QED) is 0.588. The first-order valence-electron chi connectivity index (χ1n) is 9.92. The number of ether oxygens (including phenoxy) is 2. The number of benzene rings is 2. The second-order valence-corrected chi connectivity index (χ2v) is 7.31. The molecule has 0 spiro atoms. The first kappa shape index (κ1) is 21.4. The summed E-state index contributed by atoms with van der Waals surface area (Å²) >= 11 is 0. The van der Waals surface area contributed by atoms with Crippen molar-refractivity contribution in [1.29, 1.82) is 0 Å². The van der Waals surface area contributed by atoms with Gasteiger partial charge < -0.3 is 14.4 Å². The number of hydrazone groups is 1. The van der Waals surface area contributed by atoms with Gasteiger partial charge in [-0.1, -0.05) is 29.8 Å². The highest BCUT2D eigenvalue weighted by atomic mass is 16.5. The van der Waals surface area contributed by atoms with Crippen molar-refractivity contribution in [3.63, 3.8) is 0 Å². The van der Waals surface area contributed by atoms with E-state index in [9.17, 15) is 9.59 Å². The van der Waals surface area contributed by atoms with E-state index in [4.69, 9.17) is 9.47 Å².